The van der Waals surface area contributed by atoms with Gasteiger partial charge in [0.25, 0.3) is 0 Å². The van der Waals surface area contributed by atoms with E-state index in [2.05, 4.69) is 36.3 Å². The van der Waals surface area contributed by atoms with Crippen molar-refractivity contribution < 1.29 is 4.74 Å². The highest BCUT2D eigenvalue weighted by Gasteiger charge is 2.14. The molecule has 4 aromatic rings. The van der Waals surface area contributed by atoms with Gasteiger partial charge in [-0.15, -0.1) is 5.10 Å². The zero-order valence-electron chi connectivity index (χ0n) is 15.7. The number of nitrogens with one attached hydrogen (secondary N) is 1. The van der Waals surface area contributed by atoms with Gasteiger partial charge in [-0.3, -0.25) is 0 Å². The number of ether oxygens (including phenoxy) is 1. The van der Waals surface area contributed by atoms with Crippen LogP contribution in [0.3, 0.4) is 0 Å². The van der Waals surface area contributed by atoms with E-state index in [-0.39, 0.29) is 0 Å². The largest absolute Gasteiger partial charge is 0.495 e. The normalized spacial score (nSPS) is 10.9. The standard InChI is InChI=1S/C20H19BrN6O/c1-13-11-27(12-22-13)17-9-8-14(10-18(17)28-3)19-24-20(26(2)25-19)23-16-7-5-4-6-15(16)21/h4-12H,1-3H3,(H,23,24,25). The SMILES string of the molecule is COc1cc(-c2nc(Nc3ccccc3Br)n(C)n2)ccc1-n1cnc(C)c1. The Hall–Kier alpha value is -3.13. The molecular formula is C20H19BrN6O. The predicted molar refractivity (Wildman–Crippen MR) is 112 cm³/mol. The van der Waals surface area contributed by atoms with Crippen molar-refractivity contribution in [2.24, 2.45) is 7.05 Å². The lowest BCUT2D eigenvalue weighted by Crippen LogP contribution is -2.00. The average Bonchev–Trinajstić information content (AvgIpc) is 3.29. The van der Waals surface area contributed by atoms with Crippen molar-refractivity contribution in [2.75, 3.05) is 12.4 Å². The number of imidazole rings is 1. The molecule has 0 fully saturated rings. The third-order valence-corrected chi connectivity index (χ3v) is 5.00. The van der Waals surface area contributed by atoms with E-state index in [1.807, 2.05) is 67.2 Å². The van der Waals surface area contributed by atoms with E-state index in [4.69, 9.17) is 4.74 Å². The molecule has 4 rings (SSSR count). The summed E-state index contributed by atoms with van der Waals surface area (Å²) in [5, 5.41) is 7.84. The Balaban J connectivity index is 1.67. The van der Waals surface area contributed by atoms with Crippen LogP contribution in [-0.4, -0.2) is 31.4 Å². The van der Waals surface area contributed by atoms with E-state index >= 15 is 0 Å². The number of rotatable bonds is 5. The van der Waals surface area contributed by atoms with Crippen LogP contribution >= 0.6 is 15.9 Å². The molecule has 0 saturated carbocycles. The molecule has 2 aromatic heterocycles. The van der Waals surface area contributed by atoms with Crippen molar-refractivity contribution in [3.63, 3.8) is 0 Å². The molecule has 28 heavy (non-hydrogen) atoms. The number of para-hydroxylation sites is 1. The van der Waals surface area contributed by atoms with Crippen molar-refractivity contribution >= 4 is 27.6 Å². The average molecular weight is 439 g/mol. The number of benzene rings is 2. The Morgan fingerprint density at radius 1 is 1.14 bits per heavy atom. The molecule has 0 amide bonds. The second-order valence-corrected chi connectivity index (χ2v) is 7.15. The van der Waals surface area contributed by atoms with Crippen LogP contribution in [0.1, 0.15) is 5.69 Å². The Morgan fingerprint density at radius 2 is 1.96 bits per heavy atom. The van der Waals surface area contributed by atoms with Crippen LogP contribution in [0.5, 0.6) is 5.75 Å². The van der Waals surface area contributed by atoms with Crippen LogP contribution in [0.4, 0.5) is 11.6 Å². The highest BCUT2D eigenvalue weighted by molar-refractivity contribution is 9.10. The fraction of sp³-hybridized carbons (Fsp3) is 0.150. The van der Waals surface area contributed by atoms with Gasteiger partial charge in [-0.25, -0.2) is 9.67 Å². The lowest BCUT2D eigenvalue weighted by Gasteiger charge is -2.10. The molecule has 0 aliphatic heterocycles. The molecule has 2 aromatic carbocycles. The summed E-state index contributed by atoms with van der Waals surface area (Å²) in [5.74, 6) is 1.99. The number of halogens is 1. The van der Waals surface area contributed by atoms with Crippen LogP contribution in [0.2, 0.25) is 0 Å². The van der Waals surface area contributed by atoms with Gasteiger partial charge in [0.15, 0.2) is 5.82 Å². The summed E-state index contributed by atoms with van der Waals surface area (Å²) in [4.78, 5) is 8.92. The van der Waals surface area contributed by atoms with Gasteiger partial charge >= 0.3 is 0 Å². The predicted octanol–water partition coefficient (Wildman–Crippen LogP) is 4.49. The van der Waals surface area contributed by atoms with Gasteiger partial charge in [0, 0.05) is 23.3 Å². The van der Waals surface area contributed by atoms with E-state index in [1.165, 1.54) is 0 Å². The Morgan fingerprint density at radius 3 is 2.68 bits per heavy atom. The lowest BCUT2D eigenvalue weighted by molar-refractivity contribution is 0.413. The molecule has 8 heteroatoms. The highest BCUT2D eigenvalue weighted by atomic mass is 79.9. The summed E-state index contributed by atoms with van der Waals surface area (Å²) in [5.41, 5.74) is 3.65. The second kappa shape index (κ2) is 7.47. The molecule has 7 nitrogen and oxygen atoms in total. The van der Waals surface area contributed by atoms with E-state index in [0.29, 0.717) is 11.8 Å². The molecule has 0 aliphatic rings. The van der Waals surface area contributed by atoms with Gasteiger partial charge in [-0.05, 0) is 53.2 Å². The summed E-state index contributed by atoms with van der Waals surface area (Å²) < 4.78 is 10.2. The zero-order valence-corrected chi connectivity index (χ0v) is 17.3. The number of hydrogen-bond acceptors (Lipinski definition) is 5. The van der Waals surface area contributed by atoms with Crippen molar-refractivity contribution in [3.05, 3.63) is 65.2 Å². The quantitative estimate of drug-likeness (QED) is 0.496. The summed E-state index contributed by atoms with van der Waals surface area (Å²) in [6.07, 6.45) is 3.72. The Labute approximate surface area is 171 Å². The summed E-state index contributed by atoms with van der Waals surface area (Å²) in [6.45, 7) is 1.95. The fourth-order valence-corrected chi connectivity index (χ4v) is 3.27. The van der Waals surface area contributed by atoms with Gasteiger partial charge in [0.2, 0.25) is 5.95 Å². The first-order valence-electron chi connectivity index (χ1n) is 8.67. The smallest absolute Gasteiger partial charge is 0.225 e. The summed E-state index contributed by atoms with van der Waals surface area (Å²) in [6, 6.07) is 13.8. The van der Waals surface area contributed by atoms with Crippen molar-refractivity contribution in [1.82, 2.24) is 24.3 Å². The van der Waals surface area contributed by atoms with E-state index < -0.39 is 0 Å². The molecule has 2 heterocycles. The number of aromatic nitrogens is 5. The van der Waals surface area contributed by atoms with Crippen LogP contribution in [0.15, 0.2) is 59.5 Å². The number of methoxy groups -OCH3 is 1. The molecule has 0 atom stereocenters. The fourth-order valence-electron chi connectivity index (χ4n) is 2.88. The Kier molecular flexibility index (Phi) is 4.87. The topological polar surface area (TPSA) is 69.8 Å². The first-order chi connectivity index (χ1) is 13.5. The van der Waals surface area contributed by atoms with Crippen LogP contribution in [-0.2, 0) is 7.05 Å². The maximum atomic E-state index is 5.59. The van der Waals surface area contributed by atoms with Crippen molar-refractivity contribution in [1.29, 1.82) is 0 Å². The van der Waals surface area contributed by atoms with E-state index in [0.717, 1.165) is 32.9 Å². The minimum absolute atomic E-state index is 0.615. The second-order valence-electron chi connectivity index (χ2n) is 6.30. The number of aryl methyl sites for hydroxylation is 2. The van der Waals surface area contributed by atoms with Gasteiger partial charge < -0.3 is 14.6 Å². The van der Waals surface area contributed by atoms with E-state index in [9.17, 15) is 0 Å². The number of hydrogen-bond donors (Lipinski definition) is 1. The van der Waals surface area contributed by atoms with E-state index in [1.54, 1.807) is 18.1 Å². The maximum Gasteiger partial charge on any atom is 0.225 e. The maximum absolute atomic E-state index is 5.59. The lowest BCUT2D eigenvalue weighted by atomic mass is 10.1. The zero-order chi connectivity index (χ0) is 19.7. The van der Waals surface area contributed by atoms with Crippen molar-refractivity contribution in [2.45, 2.75) is 6.92 Å². The van der Waals surface area contributed by atoms with Crippen LogP contribution in [0, 0.1) is 6.92 Å². The third-order valence-electron chi connectivity index (χ3n) is 4.31. The van der Waals surface area contributed by atoms with Gasteiger partial charge in [0.1, 0.15) is 5.75 Å². The molecule has 0 saturated heterocycles. The molecule has 142 valence electrons. The minimum Gasteiger partial charge on any atom is -0.495 e. The van der Waals surface area contributed by atoms with Crippen molar-refractivity contribution in [3.8, 4) is 22.8 Å². The first-order valence-corrected chi connectivity index (χ1v) is 9.46. The third kappa shape index (κ3) is 3.50. The van der Waals surface area contributed by atoms with Gasteiger partial charge in [-0.2, -0.15) is 4.98 Å². The minimum atomic E-state index is 0.615. The molecule has 0 spiro atoms. The summed E-state index contributed by atoms with van der Waals surface area (Å²) in [7, 11) is 3.51. The van der Waals surface area contributed by atoms with Crippen LogP contribution < -0.4 is 10.1 Å². The summed E-state index contributed by atoms with van der Waals surface area (Å²) >= 11 is 3.54. The number of anilines is 2. The molecular weight excluding hydrogens is 420 g/mol. The van der Waals surface area contributed by atoms with Gasteiger partial charge in [0.05, 0.1) is 30.5 Å². The molecule has 0 unspecified atom stereocenters. The molecule has 1 N–H and O–H groups in total. The highest BCUT2D eigenvalue weighted by Crippen LogP contribution is 2.30. The Bertz CT molecular complexity index is 1130. The molecule has 0 bridgehead atoms. The van der Waals surface area contributed by atoms with Crippen LogP contribution in [0.25, 0.3) is 17.1 Å². The van der Waals surface area contributed by atoms with Gasteiger partial charge in [-0.1, -0.05) is 12.1 Å². The first kappa shape index (κ1) is 18.2. The monoisotopic (exact) mass is 438 g/mol. The molecule has 0 aliphatic carbocycles. The molecule has 0 radical (unpaired) electrons. The number of nitrogens with zero attached hydrogens (tertiary/aromatic N) is 5.